The van der Waals surface area contributed by atoms with Crippen LogP contribution in [0.25, 0.3) is 0 Å². The fourth-order valence-corrected chi connectivity index (χ4v) is 3.44. The summed E-state index contributed by atoms with van der Waals surface area (Å²) in [5.41, 5.74) is -0.0609. The lowest BCUT2D eigenvalue weighted by atomic mass is 9.88. The molecule has 0 bridgehead atoms. The third-order valence-electron chi connectivity index (χ3n) is 3.76. The Bertz CT molecular complexity index is 379. The Morgan fingerprint density at radius 3 is 2.25 bits per heavy atom. The summed E-state index contributed by atoms with van der Waals surface area (Å²) >= 11 is 1.54. The van der Waals surface area contributed by atoms with E-state index >= 15 is 0 Å². The number of amides is 2. The second-order valence-electron chi connectivity index (χ2n) is 6.77. The van der Waals surface area contributed by atoms with Crippen LogP contribution in [-0.4, -0.2) is 45.2 Å². The van der Waals surface area contributed by atoms with Gasteiger partial charge in [-0.3, -0.25) is 4.90 Å². The monoisotopic (exact) mass is 302 g/mol. The number of aliphatic carboxylic acids is 1. The molecule has 0 saturated carbocycles. The molecule has 1 heterocycles. The average molecular weight is 302 g/mol. The summed E-state index contributed by atoms with van der Waals surface area (Å²) in [5.74, 6) is -0.255. The molecule has 0 aromatic carbocycles. The molecule has 1 aliphatic rings. The van der Waals surface area contributed by atoms with E-state index in [4.69, 9.17) is 0 Å². The number of rotatable bonds is 3. The van der Waals surface area contributed by atoms with Crippen molar-refractivity contribution in [3.63, 3.8) is 0 Å². The molecular formula is C14H26N2O3S. The molecule has 0 aromatic rings. The largest absolute Gasteiger partial charge is 0.480 e. The van der Waals surface area contributed by atoms with Gasteiger partial charge in [0.05, 0.1) is 5.37 Å². The smallest absolute Gasteiger partial charge is 0.327 e. The second kappa shape index (κ2) is 6.24. The molecule has 5 nitrogen and oxygen atoms in total. The maximum atomic E-state index is 12.5. The third-order valence-corrected chi connectivity index (χ3v) is 5.38. The fraction of sp³-hybridized carbons (Fsp3) is 0.857. The summed E-state index contributed by atoms with van der Waals surface area (Å²) in [6.07, 6.45) is 0. The number of thioether (sulfide) groups is 1. The summed E-state index contributed by atoms with van der Waals surface area (Å²) in [5, 5.41) is 12.2. The zero-order valence-corrected chi connectivity index (χ0v) is 14.0. The summed E-state index contributed by atoms with van der Waals surface area (Å²) in [6.45, 7) is 12.1. The highest BCUT2D eigenvalue weighted by Crippen LogP contribution is 2.34. The Morgan fingerprint density at radius 2 is 1.85 bits per heavy atom. The lowest BCUT2D eigenvalue weighted by molar-refractivity contribution is -0.141. The van der Waals surface area contributed by atoms with Gasteiger partial charge >= 0.3 is 12.0 Å². The fourth-order valence-electron chi connectivity index (χ4n) is 1.96. The van der Waals surface area contributed by atoms with Crippen LogP contribution in [0.5, 0.6) is 0 Å². The van der Waals surface area contributed by atoms with Crippen LogP contribution >= 0.6 is 11.8 Å². The first-order chi connectivity index (χ1) is 9.05. The molecule has 1 saturated heterocycles. The van der Waals surface area contributed by atoms with E-state index < -0.39 is 12.0 Å². The molecule has 0 spiro atoms. The normalized spacial score (nSPS) is 24.9. The molecule has 0 aliphatic carbocycles. The van der Waals surface area contributed by atoms with E-state index in [0.717, 1.165) is 0 Å². The minimum atomic E-state index is -0.931. The molecule has 1 rings (SSSR count). The molecule has 1 fully saturated rings. The van der Waals surface area contributed by atoms with Gasteiger partial charge in [0, 0.05) is 11.8 Å². The van der Waals surface area contributed by atoms with Crippen molar-refractivity contribution in [1.82, 2.24) is 10.2 Å². The van der Waals surface area contributed by atoms with Crippen LogP contribution in [0.15, 0.2) is 0 Å². The van der Waals surface area contributed by atoms with Crippen molar-refractivity contribution >= 4 is 23.8 Å². The number of hydrogen-bond acceptors (Lipinski definition) is 3. The molecule has 6 heteroatoms. The molecule has 2 N–H and O–H groups in total. The van der Waals surface area contributed by atoms with E-state index in [2.05, 4.69) is 5.32 Å². The van der Waals surface area contributed by atoms with Crippen LogP contribution in [0.1, 0.15) is 41.5 Å². The summed E-state index contributed by atoms with van der Waals surface area (Å²) in [4.78, 5) is 25.3. The minimum absolute atomic E-state index is 0.0251. The summed E-state index contributed by atoms with van der Waals surface area (Å²) in [6, 6.07) is -1.04. The predicted molar refractivity (Wildman–Crippen MR) is 81.8 cm³/mol. The standard InChI is InChI=1S/C14H26N2O3S/c1-8(2)11-16(10(7-20-11)12(17)18)13(19)15-9(3)14(4,5)6/h8-11H,7H2,1-6H3,(H,15,19)(H,17,18). The predicted octanol–water partition coefficient (Wildman–Crippen LogP) is 2.61. The summed E-state index contributed by atoms with van der Waals surface area (Å²) < 4.78 is 0. The first-order valence-electron chi connectivity index (χ1n) is 6.99. The Hall–Kier alpha value is -0.910. The van der Waals surface area contributed by atoms with Crippen LogP contribution in [0.4, 0.5) is 4.79 Å². The van der Waals surface area contributed by atoms with Gasteiger partial charge in [0.1, 0.15) is 6.04 Å². The number of nitrogens with one attached hydrogen (secondary N) is 1. The highest BCUT2D eigenvalue weighted by molar-refractivity contribution is 8.00. The first kappa shape index (κ1) is 17.1. The van der Waals surface area contributed by atoms with Crippen molar-refractivity contribution in [3.05, 3.63) is 0 Å². The number of carboxylic acid groups (broad SMARTS) is 1. The molecule has 3 atom stereocenters. The SMILES string of the molecule is CC(C)C1SCC(C(=O)O)N1C(=O)NC(C)C(C)(C)C. The molecule has 1 aliphatic heterocycles. The van der Waals surface area contributed by atoms with Crippen molar-refractivity contribution in [3.8, 4) is 0 Å². The van der Waals surface area contributed by atoms with Crippen LogP contribution < -0.4 is 5.32 Å². The van der Waals surface area contributed by atoms with Crippen LogP contribution in [0.2, 0.25) is 0 Å². The molecule has 116 valence electrons. The van der Waals surface area contributed by atoms with Crippen LogP contribution in [0.3, 0.4) is 0 Å². The molecule has 20 heavy (non-hydrogen) atoms. The Labute approximate surface area is 125 Å². The highest BCUT2D eigenvalue weighted by atomic mass is 32.2. The molecular weight excluding hydrogens is 276 g/mol. The van der Waals surface area contributed by atoms with Crippen molar-refractivity contribution in [2.45, 2.75) is 59.0 Å². The van der Waals surface area contributed by atoms with E-state index in [1.807, 2.05) is 41.5 Å². The van der Waals surface area contributed by atoms with Gasteiger partial charge in [-0.25, -0.2) is 9.59 Å². The molecule has 2 amide bonds. The van der Waals surface area contributed by atoms with Gasteiger partial charge in [-0.2, -0.15) is 0 Å². The first-order valence-corrected chi connectivity index (χ1v) is 8.03. The Morgan fingerprint density at radius 1 is 1.30 bits per heavy atom. The highest BCUT2D eigenvalue weighted by Gasteiger charge is 2.43. The number of carboxylic acids is 1. The number of hydrogen-bond donors (Lipinski definition) is 2. The molecule has 0 aromatic heterocycles. The maximum Gasteiger partial charge on any atom is 0.327 e. The van der Waals surface area contributed by atoms with E-state index in [1.54, 1.807) is 11.8 Å². The number of carbonyl (C=O) groups is 2. The number of nitrogens with zero attached hydrogens (tertiary/aromatic N) is 1. The van der Waals surface area contributed by atoms with E-state index in [-0.39, 0.29) is 28.8 Å². The van der Waals surface area contributed by atoms with Gasteiger partial charge in [-0.15, -0.1) is 11.8 Å². The van der Waals surface area contributed by atoms with Crippen molar-refractivity contribution in [2.75, 3.05) is 5.75 Å². The van der Waals surface area contributed by atoms with Gasteiger partial charge < -0.3 is 10.4 Å². The maximum absolute atomic E-state index is 12.5. The van der Waals surface area contributed by atoms with Gasteiger partial charge in [0.25, 0.3) is 0 Å². The van der Waals surface area contributed by atoms with E-state index in [1.165, 1.54) is 4.90 Å². The lowest BCUT2D eigenvalue weighted by Crippen LogP contribution is -2.54. The summed E-state index contributed by atoms with van der Waals surface area (Å²) in [7, 11) is 0. The third kappa shape index (κ3) is 3.81. The van der Waals surface area contributed by atoms with E-state index in [0.29, 0.717) is 5.75 Å². The zero-order chi connectivity index (χ0) is 15.7. The zero-order valence-electron chi connectivity index (χ0n) is 13.1. The number of urea groups is 1. The Balaban J connectivity index is 2.87. The van der Waals surface area contributed by atoms with E-state index in [9.17, 15) is 14.7 Å². The Kier molecular flexibility index (Phi) is 5.35. The average Bonchev–Trinajstić information content (AvgIpc) is 2.71. The van der Waals surface area contributed by atoms with Crippen molar-refractivity contribution in [1.29, 1.82) is 0 Å². The van der Waals surface area contributed by atoms with Crippen LogP contribution in [-0.2, 0) is 4.79 Å². The van der Waals surface area contributed by atoms with Gasteiger partial charge in [-0.1, -0.05) is 34.6 Å². The topological polar surface area (TPSA) is 69.6 Å². The molecule has 3 unspecified atom stereocenters. The van der Waals surface area contributed by atoms with Crippen LogP contribution in [0, 0.1) is 11.3 Å². The molecule has 0 radical (unpaired) electrons. The van der Waals surface area contributed by atoms with Crippen molar-refractivity contribution in [2.24, 2.45) is 11.3 Å². The van der Waals surface area contributed by atoms with Gasteiger partial charge in [0.15, 0.2) is 0 Å². The van der Waals surface area contributed by atoms with Crippen molar-refractivity contribution < 1.29 is 14.7 Å². The second-order valence-corrected chi connectivity index (χ2v) is 7.92. The lowest BCUT2D eigenvalue weighted by Gasteiger charge is -2.34. The quantitative estimate of drug-likeness (QED) is 0.841. The van der Waals surface area contributed by atoms with Gasteiger partial charge in [-0.05, 0) is 18.3 Å². The number of carbonyl (C=O) groups excluding carboxylic acids is 1. The van der Waals surface area contributed by atoms with Gasteiger partial charge in [0.2, 0.25) is 0 Å². The minimum Gasteiger partial charge on any atom is -0.480 e.